The van der Waals surface area contributed by atoms with Crippen molar-refractivity contribution >= 4 is 10.0 Å². The van der Waals surface area contributed by atoms with E-state index in [9.17, 15) is 8.42 Å². The molecular weight excluding hydrogens is 286 g/mol. The van der Waals surface area contributed by atoms with E-state index >= 15 is 0 Å². The molecule has 0 spiro atoms. The first kappa shape index (κ1) is 14.2. The Balaban J connectivity index is 1.70. The monoisotopic (exact) mass is 303 g/mol. The van der Waals surface area contributed by atoms with Crippen LogP contribution < -0.4 is 10.5 Å². The highest BCUT2D eigenvalue weighted by atomic mass is 32.2. The number of sulfonamides is 1. The minimum absolute atomic E-state index is 0.0356. The van der Waals surface area contributed by atoms with Crippen LogP contribution in [0.15, 0.2) is 53.6 Å². The summed E-state index contributed by atoms with van der Waals surface area (Å²) in [5.74, 6) is 0.261. The standard InChI is InChI=1S/C15H17N3O2S/c16-9-12-6-7-13(10-17-12)21(19,20)18-15-8-14(15)11-4-2-1-3-5-11/h1-7,10,14-15,18H,8-9,16H2. The zero-order valence-corrected chi connectivity index (χ0v) is 12.3. The molecular formula is C15H17N3O2S. The molecule has 1 heterocycles. The summed E-state index contributed by atoms with van der Waals surface area (Å²) in [5.41, 5.74) is 7.29. The number of nitrogens with zero attached hydrogens (tertiary/aromatic N) is 1. The number of pyridine rings is 1. The first-order valence-corrected chi connectivity index (χ1v) is 8.31. The van der Waals surface area contributed by atoms with Crippen LogP contribution in [0.2, 0.25) is 0 Å². The quantitative estimate of drug-likeness (QED) is 0.873. The van der Waals surface area contributed by atoms with Crippen LogP contribution in [0.25, 0.3) is 0 Å². The smallest absolute Gasteiger partial charge is 0.242 e. The molecule has 2 unspecified atom stereocenters. The lowest BCUT2D eigenvalue weighted by Gasteiger charge is -2.07. The molecule has 110 valence electrons. The molecule has 0 bridgehead atoms. The zero-order valence-electron chi connectivity index (χ0n) is 11.4. The summed E-state index contributed by atoms with van der Waals surface area (Å²) in [6.07, 6.45) is 2.18. The lowest BCUT2D eigenvalue weighted by Crippen LogP contribution is -2.27. The van der Waals surface area contributed by atoms with Crippen LogP contribution in [0.1, 0.15) is 23.6 Å². The van der Waals surface area contributed by atoms with E-state index in [4.69, 9.17) is 5.73 Å². The topological polar surface area (TPSA) is 85.1 Å². The van der Waals surface area contributed by atoms with E-state index in [1.165, 1.54) is 17.8 Å². The second-order valence-electron chi connectivity index (χ2n) is 5.17. The zero-order chi connectivity index (χ0) is 14.9. The molecule has 1 saturated carbocycles. The van der Waals surface area contributed by atoms with Crippen molar-refractivity contribution in [3.63, 3.8) is 0 Å². The Morgan fingerprint density at radius 2 is 1.95 bits per heavy atom. The number of hydrogen-bond acceptors (Lipinski definition) is 4. The molecule has 0 amide bonds. The second-order valence-corrected chi connectivity index (χ2v) is 6.88. The summed E-state index contributed by atoms with van der Waals surface area (Å²) in [7, 11) is -3.52. The Hall–Kier alpha value is -1.76. The summed E-state index contributed by atoms with van der Waals surface area (Å²) < 4.78 is 27.3. The lowest BCUT2D eigenvalue weighted by molar-refractivity contribution is 0.579. The predicted octanol–water partition coefficient (Wildman–Crippen LogP) is 1.37. The van der Waals surface area contributed by atoms with Gasteiger partial charge in [0.1, 0.15) is 4.90 Å². The number of nitrogens with one attached hydrogen (secondary N) is 1. The second kappa shape index (κ2) is 5.55. The molecule has 6 heteroatoms. The maximum absolute atomic E-state index is 12.3. The molecule has 3 N–H and O–H groups in total. The Bertz CT molecular complexity index is 714. The normalized spacial score (nSPS) is 21.2. The summed E-state index contributed by atoms with van der Waals surface area (Å²) in [6, 6.07) is 13.1. The van der Waals surface area contributed by atoms with Gasteiger partial charge in [-0.05, 0) is 24.1 Å². The largest absolute Gasteiger partial charge is 0.325 e. The van der Waals surface area contributed by atoms with Gasteiger partial charge < -0.3 is 5.73 Å². The van der Waals surface area contributed by atoms with Crippen LogP contribution in [0.4, 0.5) is 0 Å². The van der Waals surface area contributed by atoms with Gasteiger partial charge in [-0.1, -0.05) is 30.3 Å². The van der Waals surface area contributed by atoms with Crippen molar-refractivity contribution in [1.82, 2.24) is 9.71 Å². The van der Waals surface area contributed by atoms with Crippen molar-refractivity contribution in [3.05, 3.63) is 59.9 Å². The predicted molar refractivity (Wildman–Crippen MR) is 80.0 cm³/mol. The molecule has 21 heavy (non-hydrogen) atoms. The number of aromatic nitrogens is 1. The van der Waals surface area contributed by atoms with Gasteiger partial charge in [0.25, 0.3) is 0 Å². The molecule has 0 aliphatic heterocycles. The third-order valence-corrected chi connectivity index (χ3v) is 5.12. The minimum Gasteiger partial charge on any atom is -0.325 e. The third kappa shape index (κ3) is 3.12. The highest BCUT2D eigenvalue weighted by Gasteiger charge is 2.41. The Kier molecular flexibility index (Phi) is 3.75. The molecule has 5 nitrogen and oxygen atoms in total. The number of hydrogen-bond donors (Lipinski definition) is 2. The molecule has 1 aliphatic rings. The first-order chi connectivity index (χ1) is 10.1. The summed E-state index contributed by atoms with van der Waals surface area (Å²) in [6.45, 7) is 0.298. The molecule has 1 aromatic heterocycles. The number of benzene rings is 1. The van der Waals surface area contributed by atoms with E-state index in [0.29, 0.717) is 12.2 Å². The van der Waals surface area contributed by atoms with Crippen molar-refractivity contribution in [3.8, 4) is 0 Å². The van der Waals surface area contributed by atoms with Gasteiger partial charge in [0.15, 0.2) is 0 Å². The maximum Gasteiger partial charge on any atom is 0.242 e. The van der Waals surface area contributed by atoms with Crippen LogP contribution in [0.5, 0.6) is 0 Å². The fourth-order valence-corrected chi connectivity index (χ4v) is 3.59. The minimum atomic E-state index is -3.52. The van der Waals surface area contributed by atoms with E-state index < -0.39 is 10.0 Å². The van der Waals surface area contributed by atoms with Gasteiger partial charge in [-0.3, -0.25) is 4.98 Å². The fraction of sp³-hybridized carbons (Fsp3) is 0.267. The van der Waals surface area contributed by atoms with Crippen molar-refractivity contribution < 1.29 is 8.42 Å². The Morgan fingerprint density at radius 1 is 1.19 bits per heavy atom. The summed E-state index contributed by atoms with van der Waals surface area (Å²) in [4.78, 5) is 4.20. The highest BCUT2D eigenvalue weighted by Crippen LogP contribution is 2.41. The fourth-order valence-electron chi connectivity index (χ4n) is 2.35. The number of rotatable bonds is 5. The van der Waals surface area contributed by atoms with Gasteiger partial charge in [0.05, 0.1) is 5.69 Å². The first-order valence-electron chi connectivity index (χ1n) is 6.82. The maximum atomic E-state index is 12.3. The third-order valence-electron chi connectivity index (χ3n) is 3.64. The van der Waals surface area contributed by atoms with Gasteiger partial charge in [-0.2, -0.15) is 0 Å². The van der Waals surface area contributed by atoms with Crippen LogP contribution in [-0.4, -0.2) is 19.4 Å². The summed E-state index contributed by atoms with van der Waals surface area (Å²) in [5, 5.41) is 0. The van der Waals surface area contributed by atoms with Crippen LogP contribution in [0.3, 0.4) is 0 Å². The van der Waals surface area contributed by atoms with E-state index in [-0.39, 0.29) is 16.9 Å². The SMILES string of the molecule is NCc1ccc(S(=O)(=O)NC2CC2c2ccccc2)cn1. The van der Waals surface area contributed by atoms with E-state index in [1.54, 1.807) is 6.07 Å². The van der Waals surface area contributed by atoms with E-state index in [1.807, 2.05) is 30.3 Å². The van der Waals surface area contributed by atoms with Crippen LogP contribution in [-0.2, 0) is 16.6 Å². The Morgan fingerprint density at radius 3 is 2.57 bits per heavy atom. The van der Waals surface area contributed by atoms with Gasteiger partial charge >= 0.3 is 0 Å². The van der Waals surface area contributed by atoms with Crippen molar-refractivity contribution in [2.75, 3.05) is 0 Å². The lowest BCUT2D eigenvalue weighted by atomic mass is 10.1. The van der Waals surface area contributed by atoms with Gasteiger partial charge in [-0.25, -0.2) is 13.1 Å². The molecule has 1 fully saturated rings. The molecule has 3 rings (SSSR count). The van der Waals surface area contributed by atoms with Crippen molar-refractivity contribution in [2.45, 2.75) is 29.8 Å². The van der Waals surface area contributed by atoms with E-state index in [0.717, 1.165) is 6.42 Å². The number of nitrogens with two attached hydrogens (primary N) is 1. The summed E-state index contributed by atoms with van der Waals surface area (Å²) >= 11 is 0. The molecule has 1 aromatic carbocycles. The van der Waals surface area contributed by atoms with Crippen molar-refractivity contribution in [1.29, 1.82) is 0 Å². The molecule has 1 aliphatic carbocycles. The highest BCUT2D eigenvalue weighted by molar-refractivity contribution is 7.89. The Labute approximate surface area is 124 Å². The van der Waals surface area contributed by atoms with E-state index in [2.05, 4.69) is 9.71 Å². The van der Waals surface area contributed by atoms with Crippen molar-refractivity contribution in [2.24, 2.45) is 5.73 Å². The molecule has 0 radical (unpaired) electrons. The molecule has 2 atom stereocenters. The van der Waals surface area contributed by atoms with Crippen LogP contribution >= 0.6 is 0 Å². The molecule has 0 saturated heterocycles. The molecule has 2 aromatic rings. The average Bonchev–Trinajstić information content (AvgIpc) is 3.26. The van der Waals surface area contributed by atoms with Gasteiger partial charge in [0.2, 0.25) is 10.0 Å². The van der Waals surface area contributed by atoms with Gasteiger partial charge in [-0.15, -0.1) is 0 Å². The van der Waals surface area contributed by atoms with Gasteiger partial charge in [0, 0.05) is 24.7 Å². The average molecular weight is 303 g/mol. The van der Waals surface area contributed by atoms with Crippen LogP contribution in [0, 0.1) is 0 Å².